The Morgan fingerprint density at radius 3 is 2.31 bits per heavy atom. The van der Waals surface area contributed by atoms with E-state index in [4.69, 9.17) is 4.74 Å². The summed E-state index contributed by atoms with van der Waals surface area (Å²) in [4.78, 5) is 18.2. The highest BCUT2D eigenvalue weighted by Gasteiger charge is 2.23. The molecule has 0 N–H and O–H groups in total. The van der Waals surface area contributed by atoms with Crippen molar-refractivity contribution in [3.05, 3.63) is 86.1 Å². The monoisotopic (exact) mass is 448 g/mol. The van der Waals surface area contributed by atoms with Crippen molar-refractivity contribution in [3.8, 4) is 5.75 Å². The Morgan fingerprint density at radius 1 is 0.906 bits per heavy atom. The number of thiophene rings is 1. The van der Waals surface area contributed by atoms with Crippen molar-refractivity contribution >= 4 is 17.2 Å². The minimum atomic E-state index is 0.138. The lowest BCUT2D eigenvalue weighted by Crippen LogP contribution is -2.48. The number of hydrogen-bond donors (Lipinski definition) is 0. The summed E-state index contributed by atoms with van der Waals surface area (Å²) in [6.07, 6.45) is 0. The number of hydrogen-bond acceptors (Lipinski definition) is 4. The van der Waals surface area contributed by atoms with Crippen LogP contribution in [0.4, 0.5) is 0 Å². The summed E-state index contributed by atoms with van der Waals surface area (Å²) >= 11 is 1.52. The molecule has 5 heteroatoms. The van der Waals surface area contributed by atoms with E-state index >= 15 is 0 Å². The van der Waals surface area contributed by atoms with E-state index in [9.17, 15) is 4.79 Å². The molecule has 1 aliphatic heterocycles. The summed E-state index contributed by atoms with van der Waals surface area (Å²) in [5, 5.41) is 2.04. The van der Waals surface area contributed by atoms with Crippen molar-refractivity contribution in [3.63, 3.8) is 0 Å². The maximum atomic E-state index is 13.0. The average molecular weight is 449 g/mol. The molecule has 2 heterocycles. The van der Waals surface area contributed by atoms with E-state index in [1.165, 1.54) is 28.0 Å². The summed E-state index contributed by atoms with van der Waals surface area (Å²) in [6, 6.07) is 14.9. The minimum absolute atomic E-state index is 0.138. The smallest absolute Gasteiger partial charge is 0.264 e. The Labute approximate surface area is 195 Å². The lowest BCUT2D eigenvalue weighted by atomic mass is 10.1. The van der Waals surface area contributed by atoms with Crippen molar-refractivity contribution in [2.45, 2.75) is 40.8 Å². The molecule has 1 fully saturated rings. The van der Waals surface area contributed by atoms with Gasteiger partial charge in [0.1, 0.15) is 12.4 Å². The Hall–Kier alpha value is -2.63. The predicted octanol–water partition coefficient (Wildman–Crippen LogP) is 5.52. The molecule has 0 unspecified atom stereocenters. The number of rotatable bonds is 6. The van der Waals surface area contributed by atoms with Gasteiger partial charge in [-0.05, 0) is 55.8 Å². The maximum absolute atomic E-state index is 13.0. The summed E-state index contributed by atoms with van der Waals surface area (Å²) in [7, 11) is 0. The van der Waals surface area contributed by atoms with Crippen LogP contribution in [0.1, 0.15) is 43.1 Å². The number of carbonyl (C=O) groups is 1. The molecule has 1 amide bonds. The van der Waals surface area contributed by atoms with Crippen molar-refractivity contribution in [1.29, 1.82) is 0 Å². The van der Waals surface area contributed by atoms with Gasteiger partial charge in [0, 0.05) is 38.3 Å². The normalized spacial score (nSPS) is 14.6. The van der Waals surface area contributed by atoms with Crippen LogP contribution in [0.15, 0.2) is 47.8 Å². The van der Waals surface area contributed by atoms with Crippen LogP contribution in [-0.2, 0) is 13.2 Å². The molecule has 168 valence electrons. The molecule has 0 aliphatic carbocycles. The first-order valence-electron chi connectivity index (χ1n) is 11.2. The van der Waals surface area contributed by atoms with Crippen molar-refractivity contribution in [2.75, 3.05) is 26.2 Å². The highest BCUT2D eigenvalue weighted by atomic mass is 32.1. The van der Waals surface area contributed by atoms with Crippen LogP contribution in [0.5, 0.6) is 5.75 Å². The minimum Gasteiger partial charge on any atom is -0.488 e. The molecule has 0 bridgehead atoms. The lowest BCUT2D eigenvalue weighted by molar-refractivity contribution is 0.0633. The summed E-state index contributed by atoms with van der Waals surface area (Å²) in [6.45, 7) is 13.2. The van der Waals surface area contributed by atoms with E-state index in [1.807, 2.05) is 16.3 Å². The van der Waals surface area contributed by atoms with E-state index in [0.29, 0.717) is 6.61 Å². The number of aryl methyl sites for hydroxylation is 4. The van der Waals surface area contributed by atoms with Crippen molar-refractivity contribution in [2.24, 2.45) is 0 Å². The average Bonchev–Trinajstić information content (AvgIpc) is 3.22. The quantitative estimate of drug-likeness (QED) is 0.498. The zero-order chi connectivity index (χ0) is 22.7. The first-order valence-corrected chi connectivity index (χ1v) is 12.1. The zero-order valence-electron chi connectivity index (χ0n) is 19.5. The molecule has 4 nitrogen and oxygen atoms in total. The third-order valence-corrected chi connectivity index (χ3v) is 6.97. The van der Waals surface area contributed by atoms with E-state index in [1.54, 1.807) is 0 Å². The largest absolute Gasteiger partial charge is 0.488 e. The molecule has 32 heavy (non-hydrogen) atoms. The Kier molecular flexibility index (Phi) is 6.97. The highest BCUT2D eigenvalue weighted by molar-refractivity contribution is 7.12. The second-order valence-corrected chi connectivity index (χ2v) is 9.80. The topological polar surface area (TPSA) is 32.8 Å². The van der Waals surface area contributed by atoms with Crippen LogP contribution in [0.2, 0.25) is 0 Å². The fraction of sp³-hybridized carbons (Fsp3) is 0.370. The number of carbonyl (C=O) groups excluding carboxylic acids is 1. The number of piperazine rings is 1. The van der Waals surface area contributed by atoms with Crippen LogP contribution in [0.25, 0.3) is 0 Å². The third kappa shape index (κ3) is 5.40. The Morgan fingerprint density at radius 2 is 1.62 bits per heavy atom. The number of amides is 1. The fourth-order valence-corrected chi connectivity index (χ4v) is 5.31. The van der Waals surface area contributed by atoms with Gasteiger partial charge in [-0.1, -0.05) is 47.5 Å². The van der Waals surface area contributed by atoms with Crippen LogP contribution in [-0.4, -0.2) is 41.9 Å². The van der Waals surface area contributed by atoms with E-state index < -0.39 is 0 Å². The summed E-state index contributed by atoms with van der Waals surface area (Å²) in [5.41, 5.74) is 7.23. The highest BCUT2D eigenvalue weighted by Crippen LogP contribution is 2.26. The first-order chi connectivity index (χ1) is 15.4. The van der Waals surface area contributed by atoms with Gasteiger partial charge in [0.25, 0.3) is 5.91 Å². The second kappa shape index (κ2) is 9.88. The number of benzene rings is 2. The maximum Gasteiger partial charge on any atom is 0.264 e. The molecule has 1 aliphatic rings. The van der Waals surface area contributed by atoms with Crippen LogP contribution < -0.4 is 4.74 Å². The molecule has 0 atom stereocenters. The predicted molar refractivity (Wildman–Crippen MR) is 132 cm³/mol. The van der Waals surface area contributed by atoms with Gasteiger partial charge in [0.15, 0.2) is 0 Å². The molecule has 1 saturated heterocycles. The summed E-state index contributed by atoms with van der Waals surface area (Å²) < 4.78 is 6.10. The molecule has 1 aromatic heterocycles. The Balaban J connectivity index is 1.30. The second-order valence-electron chi connectivity index (χ2n) is 8.89. The fourth-order valence-electron chi connectivity index (χ4n) is 4.45. The van der Waals surface area contributed by atoms with Gasteiger partial charge in [-0.15, -0.1) is 11.3 Å². The molecular formula is C27H32N2O2S. The van der Waals surface area contributed by atoms with Crippen LogP contribution in [0, 0.1) is 27.7 Å². The molecular weight excluding hydrogens is 416 g/mol. The molecule has 4 rings (SSSR count). The van der Waals surface area contributed by atoms with Gasteiger partial charge in [0.05, 0.1) is 4.88 Å². The van der Waals surface area contributed by atoms with Gasteiger partial charge < -0.3 is 9.64 Å². The first kappa shape index (κ1) is 22.6. The number of ether oxygens (including phenoxy) is 1. The van der Waals surface area contributed by atoms with Gasteiger partial charge in [0.2, 0.25) is 0 Å². The standard InChI is InChI=1S/C27H32N2O2S/c1-19-6-5-7-23(14-19)16-28-8-10-29(11-9-28)27(30)25-15-24(18-32-25)17-31-26-21(3)12-20(2)13-22(26)4/h5-7,12-15,18H,8-11,16-17H2,1-4H3. The zero-order valence-corrected chi connectivity index (χ0v) is 20.3. The SMILES string of the molecule is Cc1cccc(CN2CCN(C(=O)c3cc(COc4c(C)cc(C)cc4C)cs3)CC2)c1. The van der Waals surface area contributed by atoms with Gasteiger partial charge >= 0.3 is 0 Å². The van der Waals surface area contributed by atoms with Crippen molar-refractivity contribution < 1.29 is 9.53 Å². The van der Waals surface area contributed by atoms with E-state index in [0.717, 1.165) is 60.0 Å². The number of nitrogens with zero attached hydrogens (tertiary/aromatic N) is 2. The van der Waals surface area contributed by atoms with Gasteiger partial charge in [-0.3, -0.25) is 9.69 Å². The molecule has 3 aromatic rings. The van der Waals surface area contributed by atoms with Gasteiger partial charge in [-0.2, -0.15) is 0 Å². The molecule has 0 spiro atoms. The lowest BCUT2D eigenvalue weighted by Gasteiger charge is -2.34. The third-order valence-electron chi connectivity index (χ3n) is 6.00. The van der Waals surface area contributed by atoms with Crippen LogP contribution in [0.3, 0.4) is 0 Å². The van der Waals surface area contributed by atoms with Crippen molar-refractivity contribution in [1.82, 2.24) is 9.80 Å². The molecule has 2 aromatic carbocycles. The Bertz CT molecular complexity index is 1070. The summed E-state index contributed by atoms with van der Waals surface area (Å²) in [5.74, 6) is 1.08. The van der Waals surface area contributed by atoms with E-state index in [2.05, 4.69) is 69.0 Å². The molecule has 0 radical (unpaired) electrons. The molecule has 0 saturated carbocycles. The van der Waals surface area contributed by atoms with E-state index in [-0.39, 0.29) is 5.91 Å². The van der Waals surface area contributed by atoms with Crippen LogP contribution >= 0.6 is 11.3 Å². The van der Waals surface area contributed by atoms with Gasteiger partial charge in [-0.25, -0.2) is 0 Å².